The van der Waals surface area contributed by atoms with Crippen LogP contribution in [0, 0.1) is 22.6 Å². The number of rotatable bonds is 6. The molecule has 1 aromatic carbocycles. The second kappa shape index (κ2) is 10.2. The Bertz CT molecular complexity index is 1520. The zero-order valence-corrected chi connectivity index (χ0v) is 23.0. The summed E-state index contributed by atoms with van der Waals surface area (Å²) in [4.78, 5) is 26.9. The van der Waals surface area contributed by atoms with Crippen LogP contribution in [0.3, 0.4) is 0 Å². The first-order valence-corrected chi connectivity index (χ1v) is 14.2. The molecule has 3 aromatic rings. The zero-order valence-electron chi connectivity index (χ0n) is 22.2. The number of allylic oxidation sites excluding steroid dienone is 1. The van der Waals surface area contributed by atoms with Gasteiger partial charge < -0.3 is 14.5 Å². The molecule has 3 aliphatic rings. The van der Waals surface area contributed by atoms with Crippen molar-refractivity contribution in [1.29, 1.82) is 5.26 Å². The van der Waals surface area contributed by atoms with Crippen LogP contribution in [0.5, 0.6) is 0 Å². The number of fused-ring (bicyclic) bond motifs is 1. The largest absolute Gasteiger partial charge is 0.378 e. The monoisotopic (exact) mass is 543 g/mol. The lowest BCUT2D eigenvalue weighted by Crippen LogP contribution is -2.59. The molecule has 0 unspecified atom stereocenters. The van der Waals surface area contributed by atoms with Crippen LogP contribution in [0.4, 0.5) is 10.2 Å². The van der Waals surface area contributed by atoms with Gasteiger partial charge in [-0.15, -0.1) is 11.3 Å². The number of halogens is 1. The minimum atomic E-state index is -0.349. The second-order valence-corrected chi connectivity index (χ2v) is 11.5. The van der Waals surface area contributed by atoms with Crippen molar-refractivity contribution in [2.24, 2.45) is 5.41 Å². The Morgan fingerprint density at radius 3 is 2.82 bits per heavy atom. The number of hydrogen-bond donors (Lipinski definition) is 0. The molecular weight excluding hydrogens is 513 g/mol. The normalized spacial score (nSPS) is 17.5. The van der Waals surface area contributed by atoms with Gasteiger partial charge in [-0.1, -0.05) is 25.1 Å². The smallest absolute Gasteiger partial charge is 0.222 e. The van der Waals surface area contributed by atoms with Gasteiger partial charge in [0.1, 0.15) is 23.3 Å². The van der Waals surface area contributed by atoms with Crippen molar-refractivity contribution < 1.29 is 13.9 Å². The highest BCUT2D eigenvalue weighted by Crippen LogP contribution is 2.46. The number of nitrogens with zero attached hydrogens (tertiary/aromatic N) is 5. The maximum Gasteiger partial charge on any atom is 0.222 e. The Balaban J connectivity index is 1.45. The van der Waals surface area contributed by atoms with Crippen molar-refractivity contribution in [2.75, 3.05) is 38.2 Å². The molecule has 7 nitrogen and oxygen atoms in total. The van der Waals surface area contributed by atoms with Gasteiger partial charge >= 0.3 is 0 Å². The topological polar surface area (TPSA) is 82.4 Å². The Hall–Kier alpha value is -3.61. The summed E-state index contributed by atoms with van der Waals surface area (Å²) in [7, 11) is 1.66. The van der Waals surface area contributed by atoms with E-state index in [0.29, 0.717) is 42.0 Å². The fraction of sp³-hybridized carbons (Fsp3) is 0.400. The van der Waals surface area contributed by atoms with Crippen LogP contribution in [0.2, 0.25) is 0 Å². The van der Waals surface area contributed by atoms with Crippen LogP contribution in [0.25, 0.3) is 22.8 Å². The first-order valence-electron chi connectivity index (χ1n) is 13.3. The number of hydrogen-bond acceptors (Lipinski definition) is 7. The van der Waals surface area contributed by atoms with Crippen molar-refractivity contribution in [3.63, 3.8) is 0 Å². The molecule has 6 rings (SSSR count). The number of carbonyl (C=O) groups is 1. The number of carbonyl (C=O) groups excluding carboxylic acids is 1. The standard InChI is InChI=1S/C30H30FN5O2S/c1-3-26(37)36-16-30(17-36)10-11-35(15-30)29-22(13-32)27(20-6-4-5-7-23(20)31)21-9-8-19(12-24(21)34-29)28-25(14-38-2)33-18-39-28/h4-7,12,18H,3,8-11,14-17H2,1-2H3. The predicted octanol–water partition coefficient (Wildman–Crippen LogP) is 5.30. The van der Waals surface area contributed by atoms with Gasteiger partial charge in [-0.2, -0.15) is 5.26 Å². The third kappa shape index (κ3) is 4.42. The molecule has 200 valence electrons. The number of aromatic nitrogens is 2. The number of amides is 1. The lowest BCUT2D eigenvalue weighted by atomic mass is 9.79. The third-order valence-corrected chi connectivity index (χ3v) is 9.13. The average Bonchev–Trinajstić information content (AvgIpc) is 3.59. The molecule has 0 saturated carbocycles. The van der Waals surface area contributed by atoms with Crippen LogP contribution in [-0.4, -0.2) is 54.1 Å². The summed E-state index contributed by atoms with van der Waals surface area (Å²) >= 11 is 1.58. The number of nitriles is 1. The van der Waals surface area contributed by atoms with E-state index in [4.69, 9.17) is 9.72 Å². The highest BCUT2D eigenvalue weighted by atomic mass is 32.1. The molecule has 0 radical (unpaired) electrons. The number of anilines is 1. The average molecular weight is 544 g/mol. The van der Waals surface area contributed by atoms with E-state index >= 15 is 4.39 Å². The molecule has 0 bridgehead atoms. The molecule has 1 spiro atoms. The van der Waals surface area contributed by atoms with Gasteiger partial charge in [0.2, 0.25) is 5.91 Å². The van der Waals surface area contributed by atoms with E-state index in [-0.39, 0.29) is 17.1 Å². The summed E-state index contributed by atoms with van der Waals surface area (Å²) in [5, 5.41) is 10.4. The highest BCUT2D eigenvalue weighted by molar-refractivity contribution is 7.11. The van der Waals surface area contributed by atoms with Crippen molar-refractivity contribution in [2.45, 2.75) is 39.2 Å². The van der Waals surface area contributed by atoms with Gasteiger partial charge in [0.15, 0.2) is 0 Å². The molecular formula is C30H30FN5O2S. The van der Waals surface area contributed by atoms with Crippen LogP contribution in [0.15, 0.2) is 29.8 Å². The Kier molecular flexibility index (Phi) is 6.69. The van der Waals surface area contributed by atoms with Crippen molar-refractivity contribution in [1.82, 2.24) is 14.9 Å². The van der Waals surface area contributed by atoms with Crippen LogP contribution >= 0.6 is 11.3 Å². The Labute approximate surface area is 231 Å². The molecule has 0 N–H and O–H groups in total. The lowest BCUT2D eigenvalue weighted by molar-refractivity contribution is -0.141. The number of ether oxygens (including phenoxy) is 1. The number of thiazole rings is 1. The van der Waals surface area contributed by atoms with Gasteiger partial charge in [0.25, 0.3) is 0 Å². The quantitative estimate of drug-likeness (QED) is 0.420. The second-order valence-electron chi connectivity index (χ2n) is 10.6. The molecule has 39 heavy (non-hydrogen) atoms. The number of likely N-dealkylation sites (tertiary alicyclic amines) is 1. The number of methoxy groups -OCH3 is 1. The van der Waals surface area contributed by atoms with E-state index in [0.717, 1.165) is 66.4 Å². The fourth-order valence-corrected chi connectivity index (χ4v) is 7.13. The SMILES string of the molecule is CCC(=O)N1CC2(CCN(c3nc4c(c(-c5ccccc5F)c3C#N)CCC(c3scnc3COC)=C4)C2)C1. The van der Waals surface area contributed by atoms with E-state index < -0.39 is 0 Å². The van der Waals surface area contributed by atoms with E-state index in [1.54, 1.807) is 30.6 Å². The predicted molar refractivity (Wildman–Crippen MR) is 149 cm³/mol. The van der Waals surface area contributed by atoms with Crippen LogP contribution in [0.1, 0.15) is 53.6 Å². The summed E-state index contributed by atoms with van der Waals surface area (Å²) in [5.41, 5.74) is 7.06. The Morgan fingerprint density at radius 2 is 2.08 bits per heavy atom. The minimum Gasteiger partial charge on any atom is -0.378 e. The van der Waals surface area contributed by atoms with E-state index in [1.165, 1.54) is 6.07 Å². The van der Waals surface area contributed by atoms with Crippen molar-refractivity contribution in [3.05, 3.63) is 63.0 Å². The number of benzene rings is 1. The number of pyridine rings is 1. The van der Waals surface area contributed by atoms with E-state index in [2.05, 4.69) is 22.0 Å². The van der Waals surface area contributed by atoms with Gasteiger partial charge in [-0.3, -0.25) is 4.79 Å². The summed E-state index contributed by atoms with van der Waals surface area (Å²) in [6, 6.07) is 9.07. The van der Waals surface area contributed by atoms with E-state index in [9.17, 15) is 10.1 Å². The first kappa shape index (κ1) is 25.7. The maximum absolute atomic E-state index is 15.2. The first-order chi connectivity index (χ1) is 19.0. The summed E-state index contributed by atoms with van der Waals surface area (Å²) < 4.78 is 20.6. The summed E-state index contributed by atoms with van der Waals surface area (Å²) in [5.74, 6) is 0.434. The molecule has 2 aromatic heterocycles. The van der Waals surface area contributed by atoms with Crippen LogP contribution < -0.4 is 4.90 Å². The molecule has 4 heterocycles. The van der Waals surface area contributed by atoms with Gasteiger partial charge in [0, 0.05) is 56.3 Å². The van der Waals surface area contributed by atoms with Gasteiger partial charge in [-0.05, 0) is 42.5 Å². The van der Waals surface area contributed by atoms with Gasteiger partial charge in [0.05, 0.1) is 28.4 Å². The molecule has 9 heteroatoms. The molecule has 2 saturated heterocycles. The molecule has 2 aliphatic heterocycles. The molecule has 1 aliphatic carbocycles. The highest BCUT2D eigenvalue weighted by Gasteiger charge is 2.49. The molecule has 0 atom stereocenters. The third-order valence-electron chi connectivity index (χ3n) is 8.18. The zero-order chi connectivity index (χ0) is 27.1. The maximum atomic E-state index is 15.2. The van der Waals surface area contributed by atoms with Gasteiger partial charge in [-0.25, -0.2) is 14.4 Å². The molecule has 1 amide bonds. The Morgan fingerprint density at radius 1 is 1.26 bits per heavy atom. The summed E-state index contributed by atoms with van der Waals surface area (Å²) in [6.07, 6.45) is 4.92. The van der Waals surface area contributed by atoms with Crippen molar-refractivity contribution >= 4 is 34.7 Å². The van der Waals surface area contributed by atoms with Crippen molar-refractivity contribution in [3.8, 4) is 17.2 Å². The van der Waals surface area contributed by atoms with E-state index in [1.807, 2.05) is 23.4 Å². The minimum absolute atomic E-state index is 0.0198. The fourth-order valence-electron chi connectivity index (χ4n) is 6.28. The van der Waals surface area contributed by atoms with Crippen LogP contribution in [-0.2, 0) is 22.6 Å². The lowest BCUT2D eigenvalue weighted by Gasteiger charge is -2.48. The molecule has 2 fully saturated rings. The summed E-state index contributed by atoms with van der Waals surface area (Å²) in [6.45, 7) is 5.27.